The molecule has 1 rings (SSSR count). The third-order valence-electron chi connectivity index (χ3n) is 2.17. The van der Waals surface area contributed by atoms with Gasteiger partial charge in [0.05, 0.1) is 4.88 Å². The lowest BCUT2D eigenvalue weighted by molar-refractivity contribution is -0.138. The van der Waals surface area contributed by atoms with E-state index in [4.69, 9.17) is 4.74 Å². The van der Waals surface area contributed by atoms with Crippen LogP contribution in [-0.2, 0) is 9.53 Å². The number of carbonyl (C=O) groups is 2. The molecule has 0 saturated carbocycles. The molecule has 0 radical (unpaired) electrons. The Morgan fingerprint density at radius 1 is 1.37 bits per heavy atom. The van der Waals surface area contributed by atoms with Gasteiger partial charge in [-0.25, -0.2) is 4.79 Å². The van der Waals surface area contributed by atoms with Crippen LogP contribution in [0.15, 0.2) is 17.5 Å². The van der Waals surface area contributed by atoms with Crippen molar-refractivity contribution in [3.8, 4) is 0 Å². The Kier molecular flexibility index (Phi) is 4.94. The van der Waals surface area contributed by atoms with Crippen molar-refractivity contribution >= 4 is 23.3 Å². The van der Waals surface area contributed by atoms with Crippen LogP contribution in [-0.4, -0.2) is 36.5 Å². The first-order chi connectivity index (χ1) is 8.70. The molecule has 0 bridgehead atoms. The average Bonchev–Trinajstić information content (AvgIpc) is 2.75. The minimum absolute atomic E-state index is 0.258. The summed E-state index contributed by atoms with van der Waals surface area (Å²) in [4.78, 5) is 26.0. The van der Waals surface area contributed by atoms with Gasteiger partial charge in [-0.3, -0.25) is 4.79 Å². The molecule has 106 valence electrons. The van der Waals surface area contributed by atoms with Gasteiger partial charge < -0.3 is 15.0 Å². The first kappa shape index (κ1) is 15.5. The Morgan fingerprint density at radius 2 is 2.00 bits per heavy atom. The van der Waals surface area contributed by atoms with Crippen LogP contribution in [0.25, 0.3) is 0 Å². The van der Waals surface area contributed by atoms with E-state index in [-0.39, 0.29) is 5.91 Å². The van der Waals surface area contributed by atoms with E-state index in [9.17, 15) is 9.59 Å². The van der Waals surface area contributed by atoms with E-state index in [0.717, 1.165) is 0 Å². The predicted octanol–water partition coefficient (Wildman–Crippen LogP) is 2.40. The monoisotopic (exact) mass is 284 g/mol. The smallest absolute Gasteiger partial charge is 0.408 e. The molecule has 0 spiro atoms. The van der Waals surface area contributed by atoms with Gasteiger partial charge in [-0.2, -0.15) is 0 Å². The zero-order valence-corrected chi connectivity index (χ0v) is 12.7. The molecule has 19 heavy (non-hydrogen) atoms. The predicted molar refractivity (Wildman–Crippen MR) is 75.1 cm³/mol. The average molecular weight is 284 g/mol. The highest BCUT2D eigenvalue weighted by Gasteiger charge is 2.28. The molecule has 1 aromatic heterocycles. The van der Waals surface area contributed by atoms with E-state index in [1.807, 2.05) is 32.2 Å². The van der Waals surface area contributed by atoms with Crippen LogP contribution < -0.4 is 5.32 Å². The molecule has 0 aliphatic carbocycles. The molecule has 0 aromatic carbocycles. The van der Waals surface area contributed by atoms with Gasteiger partial charge in [-0.15, -0.1) is 11.3 Å². The van der Waals surface area contributed by atoms with E-state index in [1.54, 1.807) is 20.2 Å². The Bertz CT molecular complexity index is 435. The van der Waals surface area contributed by atoms with E-state index in [1.165, 1.54) is 16.2 Å². The summed E-state index contributed by atoms with van der Waals surface area (Å²) in [5.41, 5.74) is -0.405. The van der Waals surface area contributed by atoms with Crippen LogP contribution in [0.2, 0.25) is 0 Å². The number of ether oxygens (including phenoxy) is 1. The number of nitrogens with one attached hydrogen (secondary N) is 1. The van der Waals surface area contributed by atoms with Gasteiger partial charge in [0.15, 0.2) is 0 Å². The summed E-state index contributed by atoms with van der Waals surface area (Å²) in [6, 6.07) is 3.60. The van der Waals surface area contributed by atoms with Crippen molar-refractivity contribution in [1.82, 2.24) is 10.2 Å². The van der Waals surface area contributed by atoms with Crippen molar-refractivity contribution in [3.05, 3.63) is 22.4 Å². The minimum atomic E-state index is -0.891. The summed E-state index contributed by atoms with van der Waals surface area (Å²) < 4.78 is 5.26. The van der Waals surface area contributed by atoms with Crippen molar-refractivity contribution in [2.75, 3.05) is 14.1 Å². The Morgan fingerprint density at radius 3 is 2.42 bits per heavy atom. The van der Waals surface area contributed by atoms with Crippen LogP contribution >= 0.6 is 11.3 Å². The summed E-state index contributed by atoms with van der Waals surface area (Å²) in [6.45, 7) is 5.55. The number of carbonyl (C=O) groups excluding carboxylic acids is 2. The molecule has 6 heteroatoms. The highest BCUT2D eigenvalue weighted by atomic mass is 32.1. The van der Waals surface area contributed by atoms with Gasteiger partial charge in [0.1, 0.15) is 0 Å². The summed E-state index contributed by atoms with van der Waals surface area (Å²) in [7, 11) is 3.27. The maximum atomic E-state index is 12.1. The number of hydrogen-bond donors (Lipinski definition) is 1. The Labute approximate surface area is 117 Å². The molecule has 0 aliphatic rings. The van der Waals surface area contributed by atoms with Gasteiger partial charge in [0.2, 0.25) is 6.10 Å². The van der Waals surface area contributed by atoms with E-state index >= 15 is 0 Å². The second-order valence-corrected chi connectivity index (χ2v) is 6.39. The number of nitrogens with zero attached hydrogens (tertiary/aromatic N) is 1. The maximum Gasteiger partial charge on any atom is 0.408 e. The fourth-order valence-corrected chi connectivity index (χ4v) is 2.09. The number of amides is 2. The maximum absolute atomic E-state index is 12.1. The fraction of sp³-hybridized carbons (Fsp3) is 0.538. The van der Waals surface area contributed by atoms with Crippen LogP contribution in [0.3, 0.4) is 0 Å². The van der Waals surface area contributed by atoms with Crippen molar-refractivity contribution < 1.29 is 14.3 Å². The van der Waals surface area contributed by atoms with E-state index in [0.29, 0.717) is 4.88 Å². The number of rotatable bonds is 3. The first-order valence-electron chi connectivity index (χ1n) is 5.94. The van der Waals surface area contributed by atoms with Crippen molar-refractivity contribution in [1.29, 1.82) is 0 Å². The minimum Gasteiger partial charge on any atom is -0.430 e. The molecule has 0 fully saturated rings. The van der Waals surface area contributed by atoms with Crippen molar-refractivity contribution in [2.45, 2.75) is 32.4 Å². The Hall–Kier alpha value is -1.56. The van der Waals surface area contributed by atoms with Crippen LogP contribution in [0.5, 0.6) is 0 Å². The largest absolute Gasteiger partial charge is 0.430 e. The summed E-state index contributed by atoms with van der Waals surface area (Å²) in [5, 5.41) is 4.52. The van der Waals surface area contributed by atoms with Crippen molar-refractivity contribution in [2.24, 2.45) is 0 Å². The summed E-state index contributed by atoms with van der Waals surface area (Å²) in [6.07, 6.45) is -1.49. The van der Waals surface area contributed by atoms with Gasteiger partial charge in [-0.1, -0.05) is 6.07 Å². The molecule has 1 atom stereocenters. The lowest BCUT2D eigenvalue weighted by Crippen LogP contribution is -2.42. The zero-order valence-electron chi connectivity index (χ0n) is 11.9. The normalized spacial score (nSPS) is 12.7. The number of likely N-dealkylation sites (N-methyl/N-ethyl adjacent to an activating group) is 1. The Balaban J connectivity index is 2.82. The van der Waals surface area contributed by atoms with Gasteiger partial charge >= 0.3 is 6.09 Å². The van der Waals surface area contributed by atoms with E-state index in [2.05, 4.69) is 5.32 Å². The molecule has 2 amide bonds. The topological polar surface area (TPSA) is 58.6 Å². The fourth-order valence-electron chi connectivity index (χ4n) is 1.35. The van der Waals surface area contributed by atoms with Crippen molar-refractivity contribution in [3.63, 3.8) is 0 Å². The molecule has 5 nitrogen and oxygen atoms in total. The van der Waals surface area contributed by atoms with Gasteiger partial charge in [-0.05, 0) is 32.2 Å². The lowest BCUT2D eigenvalue weighted by Gasteiger charge is -2.24. The molecule has 0 aliphatic heterocycles. The standard InChI is InChI=1S/C13H20N2O3S/c1-13(2,3)14-12(17)18-10(11(16)15(4)5)9-7-6-8-19-9/h6-8,10H,1-5H3,(H,14,17). The van der Waals surface area contributed by atoms with Crippen LogP contribution in [0.1, 0.15) is 31.8 Å². The third-order valence-corrected chi connectivity index (χ3v) is 3.08. The molecule has 1 heterocycles. The first-order valence-corrected chi connectivity index (χ1v) is 6.82. The molecule has 1 unspecified atom stereocenters. The molecule has 1 N–H and O–H groups in total. The summed E-state index contributed by atoms with van der Waals surface area (Å²) in [5.74, 6) is -0.258. The molecular formula is C13H20N2O3S. The second kappa shape index (κ2) is 6.06. The lowest BCUT2D eigenvalue weighted by atomic mass is 10.1. The number of alkyl carbamates (subject to hydrolysis) is 1. The quantitative estimate of drug-likeness (QED) is 0.927. The van der Waals surface area contributed by atoms with Crippen LogP contribution in [0.4, 0.5) is 4.79 Å². The summed E-state index contributed by atoms with van der Waals surface area (Å²) >= 11 is 1.38. The van der Waals surface area contributed by atoms with Crippen LogP contribution in [0, 0.1) is 0 Å². The molecular weight excluding hydrogens is 264 g/mol. The van der Waals surface area contributed by atoms with Gasteiger partial charge in [0.25, 0.3) is 5.91 Å². The third kappa shape index (κ3) is 4.90. The number of hydrogen-bond acceptors (Lipinski definition) is 4. The zero-order chi connectivity index (χ0) is 14.6. The second-order valence-electron chi connectivity index (χ2n) is 5.41. The highest BCUT2D eigenvalue weighted by molar-refractivity contribution is 7.10. The van der Waals surface area contributed by atoms with E-state index < -0.39 is 17.7 Å². The number of thiophene rings is 1. The van der Waals surface area contributed by atoms with Gasteiger partial charge in [0, 0.05) is 19.6 Å². The molecule has 0 saturated heterocycles. The highest BCUT2D eigenvalue weighted by Crippen LogP contribution is 2.24. The molecule has 1 aromatic rings. The SMILES string of the molecule is CN(C)C(=O)C(OC(=O)NC(C)(C)C)c1cccs1.